The maximum Gasteiger partial charge on any atom is 0.0641 e. The van der Waals surface area contributed by atoms with E-state index in [2.05, 4.69) is 108 Å². The van der Waals surface area contributed by atoms with Crippen molar-refractivity contribution < 1.29 is 0 Å². The third-order valence-electron chi connectivity index (χ3n) is 7.22. The molecule has 35 heavy (non-hydrogen) atoms. The number of aromatic nitrogens is 1. The lowest BCUT2D eigenvalue weighted by molar-refractivity contribution is 1.21. The molecule has 0 radical (unpaired) electrons. The summed E-state index contributed by atoms with van der Waals surface area (Å²) in [5, 5.41) is 11.1. The number of nitrogens with zero attached hydrogens (tertiary/aromatic N) is 1. The molecule has 0 amide bonds. The minimum atomic E-state index is 0.778. The van der Waals surface area contributed by atoms with Crippen molar-refractivity contribution in [3.8, 4) is 5.69 Å². The third kappa shape index (κ3) is 2.58. The van der Waals surface area contributed by atoms with Crippen LogP contribution in [0.4, 0.5) is 0 Å². The first-order chi connectivity index (χ1) is 17.3. The van der Waals surface area contributed by atoms with Gasteiger partial charge in [0.25, 0.3) is 0 Å². The SMILES string of the molecule is Clc1ccc2c(c1)sc1c(-n3c4ccccc4c4c5ccccc5c5ccccc5c43)cccc12. The summed E-state index contributed by atoms with van der Waals surface area (Å²) in [6.07, 6.45) is 0. The zero-order valence-electron chi connectivity index (χ0n) is 18.6. The van der Waals surface area contributed by atoms with Crippen molar-refractivity contribution in [1.29, 1.82) is 0 Å². The van der Waals surface area contributed by atoms with Crippen LogP contribution in [0.1, 0.15) is 0 Å². The molecule has 0 saturated heterocycles. The Morgan fingerprint density at radius 1 is 0.543 bits per heavy atom. The molecule has 0 aliphatic carbocycles. The lowest BCUT2D eigenvalue weighted by Gasteiger charge is -2.13. The standard InChI is InChI=1S/C32H18ClNS/c33-19-16-17-22-25-13-7-15-28(32(25)35-29(22)18-19)34-27-14-6-5-12-26(27)30-23-10-3-1-8-20(23)21-9-2-4-11-24(21)31(30)34/h1-18H. The zero-order chi connectivity index (χ0) is 23.1. The van der Waals surface area contributed by atoms with Crippen molar-refractivity contribution in [1.82, 2.24) is 4.57 Å². The molecule has 164 valence electrons. The molecule has 0 aliphatic heterocycles. The van der Waals surface area contributed by atoms with Crippen LogP contribution in [0.25, 0.3) is 69.2 Å². The van der Waals surface area contributed by atoms with Gasteiger partial charge in [0.2, 0.25) is 0 Å². The van der Waals surface area contributed by atoms with Gasteiger partial charge in [0.1, 0.15) is 0 Å². The smallest absolute Gasteiger partial charge is 0.0641 e. The molecular weight excluding hydrogens is 466 g/mol. The van der Waals surface area contributed by atoms with Gasteiger partial charge in [-0.15, -0.1) is 11.3 Å². The summed E-state index contributed by atoms with van der Waals surface area (Å²) in [6, 6.07) is 39.3. The Hall–Kier alpha value is -3.85. The van der Waals surface area contributed by atoms with Crippen molar-refractivity contribution in [2.75, 3.05) is 0 Å². The van der Waals surface area contributed by atoms with Crippen molar-refractivity contribution >= 4 is 86.5 Å². The summed E-state index contributed by atoms with van der Waals surface area (Å²) in [5.41, 5.74) is 3.71. The third-order valence-corrected chi connectivity index (χ3v) is 8.65. The van der Waals surface area contributed by atoms with Crippen LogP contribution in [-0.4, -0.2) is 4.57 Å². The molecule has 0 atom stereocenters. The molecule has 2 heterocycles. The highest BCUT2D eigenvalue weighted by Crippen LogP contribution is 2.45. The van der Waals surface area contributed by atoms with E-state index in [9.17, 15) is 0 Å². The van der Waals surface area contributed by atoms with E-state index in [-0.39, 0.29) is 0 Å². The van der Waals surface area contributed by atoms with Crippen molar-refractivity contribution in [3.05, 3.63) is 114 Å². The fourth-order valence-electron chi connectivity index (χ4n) is 5.81. The van der Waals surface area contributed by atoms with Crippen LogP contribution in [0.15, 0.2) is 109 Å². The Morgan fingerprint density at radius 3 is 2.03 bits per heavy atom. The van der Waals surface area contributed by atoms with Crippen LogP contribution in [0.2, 0.25) is 5.02 Å². The fourth-order valence-corrected chi connectivity index (χ4v) is 7.29. The van der Waals surface area contributed by atoms with Gasteiger partial charge in [-0.2, -0.15) is 0 Å². The fraction of sp³-hybridized carbons (Fsp3) is 0. The molecule has 8 aromatic rings. The Bertz CT molecular complexity index is 2130. The first-order valence-electron chi connectivity index (χ1n) is 11.7. The van der Waals surface area contributed by atoms with Gasteiger partial charge >= 0.3 is 0 Å². The van der Waals surface area contributed by atoms with Gasteiger partial charge in [-0.1, -0.05) is 96.5 Å². The minimum Gasteiger partial charge on any atom is -0.307 e. The Labute approximate surface area is 210 Å². The largest absolute Gasteiger partial charge is 0.307 e. The molecule has 6 aromatic carbocycles. The summed E-state index contributed by atoms with van der Waals surface area (Å²) in [6.45, 7) is 0. The molecular formula is C32H18ClNS. The van der Waals surface area contributed by atoms with Gasteiger partial charge in [0.05, 0.1) is 21.4 Å². The van der Waals surface area contributed by atoms with Crippen LogP contribution in [0, 0.1) is 0 Å². The molecule has 0 aliphatic rings. The summed E-state index contributed by atoms with van der Waals surface area (Å²) in [7, 11) is 0. The van der Waals surface area contributed by atoms with Gasteiger partial charge in [0, 0.05) is 36.7 Å². The van der Waals surface area contributed by atoms with Gasteiger partial charge in [-0.05, 0) is 40.4 Å². The van der Waals surface area contributed by atoms with Gasteiger partial charge in [-0.25, -0.2) is 0 Å². The van der Waals surface area contributed by atoms with Crippen LogP contribution < -0.4 is 0 Å². The lowest BCUT2D eigenvalue weighted by Crippen LogP contribution is -1.95. The van der Waals surface area contributed by atoms with Crippen molar-refractivity contribution in [2.24, 2.45) is 0 Å². The Balaban J connectivity index is 1.67. The maximum atomic E-state index is 6.36. The van der Waals surface area contributed by atoms with Crippen LogP contribution in [-0.2, 0) is 0 Å². The van der Waals surface area contributed by atoms with E-state index in [1.54, 1.807) is 0 Å². The summed E-state index contributed by atoms with van der Waals surface area (Å²) in [4.78, 5) is 0. The van der Waals surface area contributed by atoms with Gasteiger partial charge in [0.15, 0.2) is 0 Å². The number of hydrogen-bond acceptors (Lipinski definition) is 1. The summed E-state index contributed by atoms with van der Waals surface area (Å²) in [5.74, 6) is 0. The van der Waals surface area contributed by atoms with Gasteiger partial charge in [-0.3, -0.25) is 0 Å². The first kappa shape index (κ1) is 19.5. The highest BCUT2D eigenvalue weighted by Gasteiger charge is 2.20. The predicted octanol–water partition coefficient (Wildman–Crippen LogP) is 10.1. The molecule has 2 aromatic heterocycles. The molecule has 1 nitrogen and oxygen atoms in total. The average Bonchev–Trinajstić information content (AvgIpc) is 3.44. The Kier molecular flexibility index (Phi) is 3.94. The van der Waals surface area contributed by atoms with E-state index >= 15 is 0 Å². The number of halogens is 1. The predicted molar refractivity (Wildman–Crippen MR) is 154 cm³/mol. The Morgan fingerprint density at radius 2 is 1.20 bits per heavy atom. The van der Waals surface area contributed by atoms with E-state index in [1.165, 1.54) is 69.2 Å². The van der Waals surface area contributed by atoms with Crippen molar-refractivity contribution in [2.45, 2.75) is 0 Å². The van der Waals surface area contributed by atoms with Crippen LogP contribution in [0.3, 0.4) is 0 Å². The topological polar surface area (TPSA) is 4.93 Å². The average molecular weight is 484 g/mol. The van der Waals surface area contributed by atoms with Gasteiger partial charge < -0.3 is 4.57 Å². The minimum absolute atomic E-state index is 0.778. The molecule has 0 unspecified atom stereocenters. The van der Waals surface area contributed by atoms with E-state index < -0.39 is 0 Å². The number of thiophene rings is 1. The first-order valence-corrected chi connectivity index (χ1v) is 12.9. The van der Waals surface area contributed by atoms with Crippen molar-refractivity contribution in [3.63, 3.8) is 0 Å². The monoisotopic (exact) mass is 483 g/mol. The summed E-state index contributed by atoms with van der Waals surface area (Å²) < 4.78 is 4.99. The van der Waals surface area contributed by atoms with E-state index in [1.807, 2.05) is 17.4 Å². The highest BCUT2D eigenvalue weighted by atomic mass is 35.5. The molecule has 0 spiro atoms. The number of fused-ring (bicyclic) bond motifs is 11. The van der Waals surface area contributed by atoms with E-state index in [0.717, 1.165) is 5.02 Å². The number of rotatable bonds is 1. The molecule has 0 bridgehead atoms. The van der Waals surface area contributed by atoms with E-state index in [0.29, 0.717) is 0 Å². The second kappa shape index (κ2) is 7.08. The quantitative estimate of drug-likeness (QED) is 0.205. The molecule has 0 fully saturated rings. The molecule has 3 heteroatoms. The van der Waals surface area contributed by atoms with Crippen LogP contribution in [0.5, 0.6) is 0 Å². The molecule has 8 rings (SSSR count). The zero-order valence-corrected chi connectivity index (χ0v) is 20.2. The maximum absolute atomic E-state index is 6.36. The summed E-state index contributed by atoms with van der Waals surface area (Å²) >= 11 is 8.19. The molecule has 0 saturated carbocycles. The number of benzene rings is 6. The highest BCUT2D eigenvalue weighted by molar-refractivity contribution is 7.26. The second-order valence-corrected chi connectivity index (χ2v) is 10.6. The normalized spacial score (nSPS) is 12.1. The number of para-hydroxylation sites is 1. The second-order valence-electron chi connectivity index (χ2n) is 9.06. The lowest BCUT2D eigenvalue weighted by atomic mass is 9.97. The van der Waals surface area contributed by atoms with E-state index in [4.69, 9.17) is 11.6 Å². The van der Waals surface area contributed by atoms with Crippen LogP contribution >= 0.6 is 22.9 Å². The number of hydrogen-bond donors (Lipinski definition) is 0. The molecule has 0 N–H and O–H groups in total.